The van der Waals surface area contributed by atoms with Crippen molar-refractivity contribution in [2.24, 2.45) is 0 Å². The SMILES string of the molecule is CCOCC(Cc1ccc(Br)cc1F)NC. The molecule has 0 saturated carbocycles. The Morgan fingerprint density at radius 3 is 2.81 bits per heavy atom. The van der Waals surface area contributed by atoms with E-state index in [1.165, 1.54) is 6.07 Å². The molecule has 1 aromatic carbocycles. The summed E-state index contributed by atoms with van der Waals surface area (Å²) in [6.07, 6.45) is 0.635. The normalized spacial score (nSPS) is 12.8. The van der Waals surface area contributed by atoms with E-state index < -0.39 is 0 Å². The summed E-state index contributed by atoms with van der Waals surface area (Å²) in [5.74, 6) is -0.175. The summed E-state index contributed by atoms with van der Waals surface area (Å²) in [6, 6.07) is 5.29. The van der Waals surface area contributed by atoms with Crippen molar-refractivity contribution in [1.82, 2.24) is 5.32 Å². The van der Waals surface area contributed by atoms with Gasteiger partial charge >= 0.3 is 0 Å². The molecule has 0 heterocycles. The molecule has 1 rings (SSSR count). The number of likely N-dealkylation sites (N-methyl/N-ethyl adjacent to an activating group) is 1. The van der Waals surface area contributed by atoms with Gasteiger partial charge in [-0.3, -0.25) is 0 Å². The first kappa shape index (κ1) is 13.6. The van der Waals surface area contributed by atoms with Crippen molar-refractivity contribution in [1.29, 1.82) is 0 Å². The average molecular weight is 290 g/mol. The predicted molar refractivity (Wildman–Crippen MR) is 67.1 cm³/mol. The quantitative estimate of drug-likeness (QED) is 0.870. The van der Waals surface area contributed by atoms with Crippen molar-refractivity contribution in [2.75, 3.05) is 20.3 Å². The molecule has 1 N–H and O–H groups in total. The minimum Gasteiger partial charge on any atom is -0.380 e. The molecule has 0 bridgehead atoms. The number of ether oxygens (including phenoxy) is 1. The standard InChI is InChI=1S/C12H17BrFNO/c1-3-16-8-11(15-2)6-9-4-5-10(13)7-12(9)14/h4-5,7,11,15H,3,6,8H2,1-2H3. The maximum absolute atomic E-state index is 13.6. The number of rotatable bonds is 6. The summed E-state index contributed by atoms with van der Waals surface area (Å²) in [5, 5.41) is 3.12. The zero-order valence-electron chi connectivity index (χ0n) is 9.59. The molecule has 0 aliphatic carbocycles. The van der Waals surface area contributed by atoms with E-state index in [9.17, 15) is 4.39 Å². The maximum atomic E-state index is 13.6. The molecule has 0 amide bonds. The summed E-state index contributed by atoms with van der Waals surface area (Å²) in [6.45, 7) is 3.23. The summed E-state index contributed by atoms with van der Waals surface area (Å²) in [5.41, 5.74) is 0.710. The Balaban J connectivity index is 2.62. The van der Waals surface area contributed by atoms with Crippen LogP contribution in [-0.2, 0) is 11.2 Å². The first-order valence-corrected chi connectivity index (χ1v) is 6.15. The summed E-state index contributed by atoms with van der Waals surface area (Å²) >= 11 is 3.24. The van der Waals surface area contributed by atoms with Crippen molar-refractivity contribution < 1.29 is 9.13 Å². The van der Waals surface area contributed by atoms with E-state index in [4.69, 9.17) is 4.74 Å². The Bertz CT molecular complexity index is 333. The summed E-state index contributed by atoms with van der Waals surface area (Å²) in [4.78, 5) is 0. The second-order valence-electron chi connectivity index (χ2n) is 3.58. The monoisotopic (exact) mass is 289 g/mol. The zero-order valence-corrected chi connectivity index (χ0v) is 11.2. The van der Waals surface area contributed by atoms with Crippen molar-refractivity contribution >= 4 is 15.9 Å². The first-order chi connectivity index (χ1) is 7.67. The van der Waals surface area contributed by atoms with Gasteiger partial charge in [-0.2, -0.15) is 0 Å². The molecule has 4 heteroatoms. The van der Waals surface area contributed by atoms with Gasteiger partial charge in [0.1, 0.15) is 5.82 Å². The number of benzene rings is 1. The largest absolute Gasteiger partial charge is 0.380 e. The van der Waals surface area contributed by atoms with Gasteiger partial charge < -0.3 is 10.1 Å². The molecule has 90 valence electrons. The van der Waals surface area contributed by atoms with Crippen molar-refractivity contribution in [3.63, 3.8) is 0 Å². The van der Waals surface area contributed by atoms with Crippen LogP contribution < -0.4 is 5.32 Å². The highest BCUT2D eigenvalue weighted by molar-refractivity contribution is 9.10. The maximum Gasteiger partial charge on any atom is 0.127 e. The molecule has 2 nitrogen and oxygen atoms in total. The molecule has 1 unspecified atom stereocenters. The second-order valence-corrected chi connectivity index (χ2v) is 4.50. The highest BCUT2D eigenvalue weighted by Gasteiger charge is 2.10. The van der Waals surface area contributed by atoms with Crippen LogP contribution in [0.1, 0.15) is 12.5 Å². The molecule has 0 fully saturated rings. The topological polar surface area (TPSA) is 21.3 Å². The fourth-order valence-corrected chi connectivity index (χ4v) is 1.79. The Morgan fingerprint density at radius 2 is 2.25 bits per heavy atom. The van der Waals surface area contributed by atoms with Gasteiger partial charge in [0.25, 0.3) is 0 Å². The fraction of sp³-hybridized carbons (Fsp3) is 0.500. The van der Waals surface area contributed by atoms with Crippen LogP contribution in [-0.4, -0.2) is 26.3 Å². The van der Waals surface area contributed by atoms with E-state index in [1.54, 1.807) is 6.07 Å². The molecule has 1 aromatic rings. The van der Waals surface area contributed by atoms with Gasteiger partial charge in [-0.25, -0.2) is 4.39 Å². The lowest BCUT2D eigenvalue weighted by molar-refractivity contribution is 0.125. The molecule has 0 radical (unpaired) electrons. The molecular formula is C12H17BrFNO. The van der Waals surface area contributed by atoms with E-state index in [-0.39, 0.29) is 11.9 Å². The van der Waals surface area contributed by atoms with Gasteiger partial charge in [-0.15, -0.1) is 0 Å². The lowest BCUT2D eigenvalue weighted by Gasteiger charge is -2.16. The smallest absolute Gasteiger partial charge is 0.127 e. The number of hydrogen-bond donors (Lipinski definition) is 1. The van der Waals surface area contributed by atoms with Crippen LogP contribution in [0.3, 0.4) is 0 Å². The third-order valence-electron chi connectivity index (χ3n) is 2.41. The Morgan fingerprint density at radius 1 is 1.50 bits per heavy atom. The van der Waals surface area contributed by atoms with Crippen molar-refractivity contribution in [2.45, 2.75) is 19.4 Å². The van der Waals surface area contributed by atoms with Crippen LogP contribution in [0.25, 0.3) is 0 Å². The third-order valence-corrected chi connectivity index (χ3v) is 2.91. The van der Waals surface area contributed by atoms with Crippen LogP contribution in [0.5, 0.6) is 0 Å². The van der Waals surface area contributed by atoms with Crippen LogP contribution >= 0.6 is 15.9 Å². The number of hydrogen-bond acceptors (Lipinski definition) is 2. The summed E-state index contributed by atoms with van der Waals surface area (Å²) in [7, 11) is 1.86. The Labute approximate surface area is 104 Å². The molecule has 1 atom stereocenters. The predicted octanol–water partition coefficient (Wildman–Crippen LogP) is 2.76. The van der Waals surface area contributed by atoms with Gasteiger partial charge in [0.05, 0.1) is 6.61 Å². The Kier molecular flexibility index (Phi) is 5.95. The first-order valence-electron chi connectivity index (χ1n) is 5.36. The van der Waals surface area contributed by atoms with E-state index in [1.807, 2.05) is 20.0 Å². The van der Waals surface area contributed by atoms with E-state index >= 15 is 0 Å². The molecule has 0 spiro atoms. The lowest BCUT2D eigenvalue weighted by atomic mass is 10.1. The highest BCUT2D eigenvalue weighted by Crippen LogP contribution is 2.16. The molecule has 0 aliphatic heterocycles. The van der Waals surface area contributed by atoms with Gasteiger partial charge in [0, 0.05) is 17.1 Å². The van der Waals surface area contributed by atoms with Crippen LogP contribution in [0.4, 0.5) is 4.39 Å². The number of nitrogens with one attached hydrogen (secondary N) is 1. The van der Waals surface area contributed by atoms with E-state index in [0.717, 1.165) is 4.47 Å². The molecular weight excluding hydrogens is 273 g/mol. The molecule has 0 aromatic heterocycles. The second kappa shape index (κ2) is 6.99. The highest BCUT2D eigenvalue weighted by atomic mass is 79.9. The summed E-state index contributed by atoms with van der Waals surface area (Å²) < 4.78 is 19.7. The minimum absolute atomic E-state index is 0.149. The third kappa shape index (κ3) is 4.20. The van der Waals surface area contributed by atoms with Crippen LogP contribution in [0.2, 0.25) is 0 Å². The van der Waals surface area contributed by atoms with Crippen molar-refractivity contribution in [3.8, 4) is 0 Å². The van der Waals surface area contributed by atoms with Crippen LogP contribution in [0, 0.1) is 5.82 Å². The molecule has 0 aliphatic rings. The van der Waals surface area contributed by atoms with Crippen molar-refractivity contribution in [3.05, 3.63) is 34.1 Å². The van der Waals surface area contributed by atoms with Gasteiger partial charge in [0.2, 0.25) is 0 Å². The molecule has 0 saturated heterocycles. The molecule has 16 heavy (non-hydrogen) atoms. The minimum atomic E-state index is -0.175. The number of halogens is 2. The van der Waals surface area contributed by atoms with E-state index in [2.05, 4.69) is 21.2 Å². The average Bonchev–Trinajstić information content (AvgIpc) is 2.27. The van der Waals surface area contributed by atoms with Gasteiger partial charge in [-0.1, -0.05) is 22.0 Å². The lowest BCUT2D eigenvalue weighted by Crippen LogP contribution is -2.32. The Hall–Kier alpha value is -0.450. The van der Waals surface area contributed by atoms with Crippen LogP contribution in [0.15, 0.2) is 22.7 Å². The zero-order chi connectivity index (χ0) is 12.0. The van der Waals surface area contributed by atoms with E-state index in [0.29, 0.717) is 25.2 Å². The van der Waals surface area contributed by atoms with Gasteiger partial charge in [0.15, 0.2) is 0 Å². The fourth-order valence-electron chi connectivity index (χ4n) is 1.46. The van der Waals surface area contributed by atoms with Gasteiger partial charge in [-0.05, 0) is 38.1 Å².